The van der Waals surface area contributed by atoms with Gasteiger partial charge in [-0.05, 0) is 39.2 Å². The van der Waals surface area contributed by atoms with Crippen LogP contribution in [0.4, 0.5) is 9.93 Å². The van der Waals surface area contributed by atoms with E-state index in [2.05, 4.69) is 33.6 Å². The molecule has 148 valence electrons. The normalized spacial score (nSPS) is 18.1. The van der Waals surface area contributed by atoms with E-state index in [0.29, 0.717) is 17.4 Å². The van der Waals surface area contributed by atoms with E-state index in [-0.39, 0.29) is 18.4 Å². The number of likely N-dealkylation sites (N-methyl/N-ethyl adjacent to an activating group) is 1. The van der Waals surface area contributed by atoms with Crippen molar-refractivity contribution in [3.05, 3.63) is 22.7 Å². The second kappa shape index (κ2) is 9.85. The zero-order valence-corrected chi connectivity index (χ0v) is 16.8. The highest BCUT2D eigenvalue weighted by Crippen LogP contribution is 2.19. The maximum Gasteiger partial charge on any atom is 0.323 e. The van der Waals surface area contributed by atoms with Crippen molar-refractivity contribution >= 4 is 28.4 Å². The number of rotatable bonds is 6. The average Bonchev–Trinajstić information content (AvgIpc) is 3.09. The van der Waals surface area contributed by atoms with E-state index in [0.717, 1.165) is 39.0 Å². The molecule has 7 nitrogen and oxygen atoms in total. The van der Waals surface area contributed by atoms with Crippen molar-refractivity contribution in [3.8, 4) is 0 Å². The van der Waals surface area contributed by atoms with Gasteiger partial charge in [0.25, 0.3) is 0 Å². The van der Waals surface area contributed by atoms with Crippen LogP contribution >= 0.6 is 11.3 Å². The number of allylic oxidation sites excluding steroid dienone is 1. The number of hydrogen-bond acceptors (Lipinski definition) is 5. The first kappa shape index (κ1) is 19.8. The minimum absolute atomic E-state index is 0.0198. The lowest BCUT2D eigenvalue weighted by atomic mass is 9.97. The number of urea groups is 1. The highest BCUT2D eigenvalue weighted by Gasteiger charge is 2.20. The van der Waals surface area contributed by atoms with Gasteiger partial charge in [0.2, 0.25) is 5.91 Å². The van der Waals surface area contributed by atoms with E-state index in [1.54, 1.807) is 4.90 Å². The van der Waals surface area contributed by atoms with Gasteiger partial charge in [-0.15, -0.1) is 11.3 Å². The zero-order valence-electron chi connectivity index (χ0n) is 16.0. The molecule has 0 radical (unpaired) electrons. The van der Waals surface area contributed by atoms with Gasteiger partial charge in [-0.25, -0.2) is 9.78 Å². The topological polar surface area (TPSA) is 77.6 Å². The molecule has 3 amide bonds. The molecule has 1 aromatic rings. The van der Waals surface area contributed by atoms with Crippen molar-refractivity contribution in [3.63, 3.8) is 0 Å². The van der Waals surface area contributed by atoms with E-state index < -0.39 is 0 Å². The molecule has 0 unspecified atom stereocenters. The molecule has 2 heterocycles. The van der Waals surface area contributed by atoms with Crippen molar-refractivity contribution in [2.45, 2.75) is 38.5 Å². The quantitative estimate of drug-likeness (QED) is 0.731. The van der Waals surface area contributed by atoms with Gasteiger partial charge >= 0.3 is 6.03 Å². The van der Waals surface area contributed by atoms with Crippen LogP contribution in [0, 0.1) is 0 Å². The summed E-state index contributed by atoms with van der Waals surface area (Å²) in [6.07, 6.45) is 8.39. The Hall–Kier alpha value is -1.93. The summed E-state index contributed by atoms with van der Waals surface area (Å²) in [6, 6.07) is -0.116. The highest BCUT2D eigenvalue weighted by atomic mass is 32.1. The second-order valence-electron chi connectivity index (χ2n) is 7.25. The lowest BCUT2D eigenvalue weighted by molar-refractivity contribution is -0.120. The van der Waals surface area contributed by atoms with Gasteiger partial charge < -0.3 is 15.1 Å². The van der Waals surface area contributed by atoms with Gasteiger partial charge in [0, 0.05) is 38.1 Å². The maximum atomic E-state index is 12.3. The summed E-state index contributed by atoms with van der Waals surface area (Å²) >= 11 is 1.36. The SMILES string of the molecule is CN1CCN(C(=O)Nc2nc(CC(=O)NCCC3=CCCCC3)cs2)CC1. The Morgan fingerprint density at radius 1 is 1.22 bits per heavy atom. The number of hydrogen-bond donors (Lipinski definition) is 2. The molecule has 0 spiro atoms. The Labute approximate surface area is 164 Å². The van der Waals surface area contributed by atoms with Gasteiger partial charge in [0.1, 0.15) is 0 Å². The number of amides is 3. The molecular weight excluding hydrogens is 362 g/mol. The Morgan fingerprint density at radius 2 is 2.04 bits per heavy atom. The second-order valence-corrected chi connectivity index (χ2v) is 8.11. The van der Waals surface area contributed by atoms with Crippen LogP contribution in [0.25, 0.3) is 0 Å². The van der Waals surface area contributed by atoms with Crippen LogP contribution < -0.4 is 10.6 Å². The highest BCUT2D eigenvalue weighted by molar-refractivity contribution is 7.13. The summed E-state index contributed by atoms with van der Waals surface area (Å²) in [6.45, 7) is 3.89. The zero-order chi connectivity index (χ0) is 19.1. The first-order valence-electron chi connectivity index (χ1n) is 9.73. The van der Waals surface area contributed by atoms with E-state index in [1.165, 1.54) is 36.2 Å². The molecule has 0 bridgehead atoms. The van der Waals surface area contributed by atoms with Crippen molar-refractivity contribution in [1.29, 1.82) is 0 Å². The molecule has 27 heavy (non-hydrogen) atoms. The molecule has 0 aromatic carbocycles. The van der Waals surface area contributed by atoms with Crippen LogP contribution in [-0.2, 0) is 11.2 Å². The van der Waals surface area contributed by atoms with Crippen molar-refractivity contribution in [2.75, 3.05) is 45.1 Å². The lowest BCUT2D eigenvalue weighted by Crippen LogP contribution is -2.48. The van der Waals surface area contributed by atoms with Crippen LogP contribution in [0.15, 0.2) is 17.0 Å². The summed E-state index contributed by atoms with van der Waals surface area (Å²) < 4.78 is 0. The van der Waals surface area contributed by atoms with E-state index in [4.69, 9.17) is 0 Å². The number of piperazine rings is 1. The van der Waals surface area contributed by atoms with Crippen molar-refractivity contribution < 1.29 is 9.59 Å². The first-order chi connectivity index (χ1) is 13.1. The van der Waals surface area contributed by atoms with Gasteiger partial charge in [-0.1, -0.05) is 11.6 Å². The molecule has 0 atom stereocenters. The number of carbonyl (C=O) groups excluding carboxylic acids is 2. The molecule has 2 aliphatic rings. The fraction of sp³-hybridized carbons (Fsp3) is 0.632. The van der Waals surface area contributed by atoms with E-state index in [9.17, 15) is 9.59 Å². The molecule has 3 rings (SSSR count). The fourth-order valence-corrected chi connectivity index (χ4v) is 4.05. The third-order valence-electron chi connectivity index (χ3n) is 5.05. The summed E-state index contributed by atoms with van der Waals surface area (Å²) in [5.41, 5.74) is 2.16. The Morgan fingerprint density at radius 3 is 2.78 bits per heavy atom. The summed E-state index contributed by atoms with van der Waals surface area (Å²) in [5.74, 6) is -0.0198. The van der Waals surface area contributed by atoms with Crippen LogP contribution in [0.3, 0.4) is 0 Å². The van der Waals surface area contributed by atoms with Gasteiger partial charge in [0.05, 0.1) is 12.1 Å². The standard InChI is InChI=1S/C19H29N5O2S/c1-23-9-11-24(12-10-23)19(26)22-18-21-16(14-27-18)13-17(25)20-8-7-15-5-3-2-4-6-15/h5,14H,2-4,6-13H2,1H3,(H,20,25)(H,21,22,26). The lowest BCUT2D eigenvalue weighted by Gasteiger charge is -2.32. The van der Waals surface area contributed by atoms with Crippen molar-refractivity contribution in [1.82, 2.24) is 20.1 Å². The summed E-state index contributed by atoms with van der Waals surface area (Å²) in [7, 11) is 2.06. The number of aromatic nitrogens is 1. The third kappa shape index (κ3) is 6.32. The predicted molar refractivity (Wildman–Crippen MR) is 108 cm³/mol. The largest absolute Gasteiger partial charge is 0.355 e. The van der Waals surface area contributed by atoms with Crippen LogP contribution in [0.2, 0.25) is 0 Å². The Bertz CT molecular complexity index is 679. The molecule has 0 saturated carbocycles. The van der Waals surface area contributed by atoms with Crippen LogP contribution in [0.5, 0.6) is 0 Å². The third-order valence-corrected chi connectivity index (χ3v) is 5.86. The Kier molecular flexibility index (Phi) is 7.23. The smallest absolute Gasteiger partial charge is 0.323 e. The fourth-order valence-electron chi connectivity index (χ4n) is 3.35. The van der Waals surface area contributed by atoms with Crippen molar-refractivity contribution in [2.24, 2.45) is 0 Å². The van der Waals surface area contributed by atoms with Crippen LogP contribution in [0.1, 0.15) is 37.8 Å². The van der Waals surface area contributed by atoms with Gasteiger partial charge in [-0.2, -0.15) is 0 Å². The minimum atomic E-state index is -0.116. The molecule has 1 saturated heterocycles. The monoisotopic (exact) mass is 391 g/mol. The molecular formula is C19H29N5O2S. The van der Waals surface area contributed by atoms with Gasteiger partial charge in [-0.3, -0.25) is 10.1 Å². The van der Waals surface area contributed by atoms with E-state index in [1.807, 2.05) is 5.38 Å². The number of nitrogens with one attached hydrogen (secondary N) is 2. The first-order valence-corrected chi connectivity index (χ1v) is 10.6. The number of thiazole rings is 1. The van der Waals surface area contributed by atoms with E-state index >= 15 is 0 Å². The molecule has 1 aliphatic carbocycles. The number of anilines is 1. The summed E-state index contributed by atoms with van der Waals surface area (Å²) in [4.78, 5) is 32.8. The molecule has 1 fully saturated rings. The average molecular weight is 392 g/mol. The minimum Gasteiger partial charge on any atom is -0.355 e. The maximum absolute atomic E-state index is 12.3. The molecule has 2 N–H and O–H groups in total. The summed E-state index contributed by atoms with van der Waals surface area (Å²) in [5, 5.41) is 8.20. The van der Waals surface area contributed by atoms with Crippen LogP contribution in [-0.4, -0.2) is 66.5 Å². The Balaban J connectivity index is 1.38. The molecule has 1 aliphatic heterocycles. The van der Waals surface area contributed by atoms with Gasteiger partial charge in [0.15, 0.2) is 5.13 Å². The molecule has 1 aromatic heterocycles. The number of carbonyl (C=O) groups is 2. The predicted octanol–water partition coefficient (Wildman–Crippen LogP) is 2.47. The number of nitrogens with zero attached hydrogens (tertiary/aromatic N) is 3. The molecule has 8 heteroatoms.